The molecule has 0 spiro atoms. The number of carbonyl (C=O) groups is 1. The zero-order valence-electron chi connectivity index (χ0n) is 28.7. The number of rotatable bonds is 8. The first-order valence-electron chi connectivity index (χ1n) is 16.8. The van der Waals surface area contributed by atoms with Crippen LogP contribution in [0.4, 0.5) is 11.6 Å². The van der Waals surface area contributed by atoms with Gasteiger partial charge < -0.3 is 26.5 Å². The van der Waals surface area contributed by atoms with Crippen molar-refractivity contribution in [3.8, 4) is 34.7 Å². The predicted molar refractivity (Wildman–Crippen MR) is 227 cm³/mol. The summed E-state index contributed by atoms with van der Waals surface area (Å²) in [5.41, 5.74) is 16.6. The number of hydrogen-bond acceptors (Lipinski definition) is 12. The maximum Gasteiger partial charge on any atom is 0.154 e. The maximum atomic E-state index is 11.6. The number of nitrogens with zero attached hydrogens (tertiary/aromatic N) is 10. The molecule has 16 nitrogen and oxygen atoms in total. The molecule has 2 fully saturated rings. The monoisotopic (exact) mass is 1180 g/mol. The number of aliphatic hydroxyl groups is 1. The fraction of sp³-hybridized carbons (Fsp3) is 0.382. The molecule has 20 heteroatoms. The van der Waals surface area contributed by atoms with Crippen molar-refractivity contribution in [1.29, 1.82) is 10.5 Å². The number of nitrogen functional groups attached to an aromatic ring is 2. The summed E-state index contributed by atoms with van der Waals surface area (Å²) in [5.74, 6) is 1.32. The smallest absolute Gasteiger partial charge is 0.154 e. The zero-order chi connectivity index (χ0) is 37.5. The third kappa shape index (κ3) is 9.42. The number of hydrogen-bond donors (Lipinski definition) is 5. The Bertz CT molecular complexity index is 2270. The molecule has 0 aliphatic heterocycles. The molecule has 284 valence electrons. The van der Waals surface area contributed by atoms with Crippen molar-refractivity contribution in [3.63, 3.8) is 0 Å². The van der Waals surface area contributed by atoms with E-state index in [1.807, 2.05) is 30.7 Å². The molecule has 54 heavy (non-hydrogen) atoms. The first kappa shape index (κ1) is 41.9. The molecule has 0 amide bonds. The molecule has 0 bridgehead atoms. The van der Waals surface area contributed by atoms with Crippen LogP contribution in [0.3, 0.4) is 0 Å². The Balaban J connectivity index is 0.000000190. The van der Waals surface area contributed by atoms with E-state index in [2.05, 4.69) is 89.5 Å². The number of ketones is 1. The van der Waals surface area contributed by atoms with Crippen LogP contribution in [0.1, 0.15) is 63.5 Å². The third-order valence-corrected chi connectivity index (χ3v) is 9.84. The second-order valence-electron chi connectivity index (χ2n) is 12.9. The number of anilines is 2. The van der Waals surface area contributed by atoms with Gasteiger partial charge in [-0.2, -0.15) is 20.7 Å². The molecule has 2 aliphatic rings. The van der Waals surface area contributed by atoms with Gasteiger partial charge >= 0.3 is 50.5 Å². The molecule has 5 atom stereocenters. The van der Waals surface area contributed by atoms with E-state index in [4.69, 9.17) is 11.5 Å². The molecule has 6 aromatic rings. The third-order valence-electron chi connectivity index (χ3n) is 9.84. The number of nitrogens with one attached hydrogen (secondary N) is 2. The number of aromatic amines is 2. The summed E-state index contributed by atoms with van der Waals surface area (Å²) < 4.78 is 3.51. The summed E-state index contributed by atoms with van der Waals surface area (Å²) in [5, 5.41) is 38.9. The number of carbonyl (C=O) groups excluding carboxylic acids is 1. The van der Waals surface area contributed by atoms with Gasteiger partial charge in [0.25, 0.3) is 0 Å². The molecule has 7 N–H and O–H groups in total. The van der Waals surface area contributed by atoms with Crippen LogP contribution < -0.4 is 24.7 Å². The minimum absolute atomic E-state index is 0. The van der Waals surface area contributed by atoms with Gasteiger partial charge in [-0.1, -0.05) is 0 Å². The summed E-state index contributed by atoms with van der Waals surface area (Å²) in [6.07, 6.45) is 14.8. The fourth-order valence-corrected chi connectivity index (χ4v) is 7.34. The predicted octanol–water partition coefficient (Wildman–Crippen LogP) is 3.64. The first-order valence-corrected chi connectivity index (χ1v) is 29.4. The summed E-state index contributed by atoms with van der Waals surface area (Å²) in [6, 6.07) is 7.99. The number of nitriles is 2. The Morgan fingerprint density at radius 2 is 1.35 bits per heavy atom. The van der Waals surface area contributed by atoms with Crippen LogP contribution in [0.15, 0.2) is 49.6 Å². The Morgan fingerprint density at radius 3 is 1.78 bits per heavy atom. The van der Waals surface area contributed by atoms with E-state index >= 15 is 0 Å². The number of aromatic nitrogens is 10. The topological polar surface area (TPSA) is 256 Å². The number of nitrogens with two attached hydrogens (primary N) is 2. The van der Waals surface area contributed by atoms with Gasteiger partial charge in [0.2, 0.25) is 0 Å². The number of Topliss-reactive ketones (excluding diaryl/α,β-unsaturated/α-hetero) is 1. The van der Waals surface area contributed by atoms with Crippen molar-refractivity contribution in [1.82, 2.24) is 49.5 Å². The molecular weight excluding hydrogens is 1140 g/mol. The van der Waals surface area contributed by atoms with Crippen molar-refractivity contribution in [2.45, 2.75) is 69.6 Å². The summed E-state index contributed by atoms with van der Waals surface area (Å²) in [6.45, 7) is 0. The van der Waals surface area contributed by atoms with Crippen LogP contribution in [-0.4, -0.2) is 66.5 Å². The number of halogens is 4. The molecular formula is C34H37I4N14O2-. The minimum atomic E-state index is -0.292. The van der Waals surface area contributed by atoms with Crippen LogP contribution in [0.2, 0.25) is 0 Å². The molecule has 2 aliphatic carbocycles. The molecule has 0 saturated heterocycles. The van der Waals surface area contributed by atoms with Gasteiger partial charge in [0.1, 0.15) is 29.7 Å². The van der Waals surface area contributed by atoms with E-state index < -0.39 is 0 Å². The van der Waals surface area contributed by atoms with E-state index in [1.54, 1.807) is 15.6 Å². The second kappa shape index (κ2) is 19.6. The van der Waals surface area contributed by atoms with Crippen molar-refractivity contribution < 1.29 is 23.2 Å². The number of H-pyrrole nitrogens is 2. The van der Waals surface area contributed by atoms with Crippen molar-refractivity contribution in [2.75, 3.05) is 11.5 Å². The Labute approximate surface area is 357 Å². The van der Waals surface area contributed by atoms with Gasteiger partial charge in [0.05, 0.1) is 65.7 Å². The van der Waals surface area contributed by atoms with E-state index in [0.717, 1.165) is 52.6 Å². The Morgan fingerprint density at radius 1 is 0.852 bits per heavy atom. The molecule has 0 radical (unpaired) electrons. The molecule has 8 rings (SSSR count). The first-order chi connectivity index (χ1) is 25.8. The van der Waals surface area contributed by atoms with Gasteiger partial charge in [-0.15, -0.1) is 24.0 Å². The van der Waals surface area contributed by atoms with Crippen LogP contribution in [-0.2, 0) is 4.79 Å². The van der Waals surface area contributed by atoms with Crippen molar-refractivity contribution >= 4 is 101 Å². The second-order valence-corrected chi connectivity index (χ2v) is 29.2. The van der Waals surface area contributed by atoms with Gasteiger partial charge in [-0.05, 0) is 49.7 Å². The molecule has 5 unspecified atom stereocenters. The molecule has 2 saturated carbocycles. The standard InChI is InChI=1S/C17H19N7O.C17H17N7O.I3.HI/c2*18-5-3-14(10-1-2-11(25)7-10)24-8-13(16(19)23-24)15-12-4-6-20-17(12)22-9-21-15;1-3-2;/h4,6,8-11,14,25H,1-3,7H2,(H2,19,23)(H,20,21,22);4,6,8-10,14H,1-3,7H2,(H2,19,23)(H,20,21,22);;1H/q;;-1;. The van der Waals surface area contributed by atoms with E-state index in [-0.39, 0.29) is 59.8 Å². The summed E-state index contributed by atoms with van der Waals surface area (Å²) in [4.78, 5) is 34.9. The SMILES string of the molecule is I.I[I-]I.N#CCC(C1CCC(=O)C1)n1cc(-c2ncnc3[nH]ccc23)c(N)n1.N#CCC(C1CCC(O)C1)n1cc(-c2ncnc3[nH]ccc23)c(N)n1. The van der Waals surface area contributed by atoms with Crippen molar-refractivity contribution in [3.05, 3.63) is 49.6 Å². The number of aliphatic hydroxyl groups excluding tert-OH is 1. The van der Waals surface area contributed by atoms with E-state index in [0.29, 0.717) is 68.3 Å². The Kier molecular flexibility index (Phi) is 15.2. The van der Waals surface area contributed by atoms with Gasteiger partial charge in [-0.3, -0.25) is 14.2 Å². The quantitative estimate of drug-likeness (QED) is 0.137. The maximum absolute atomic E-state index is 11.6. The molecule has 6 aromatic heterocycles. The largest absolute Gasteiger partial charge is 0.393 e. The average Bonchev–Trinajstić information content (AvgIpc) is 4.00. The van der Waals surface area contributed by atoms with E-state index in [9.17, 15) is 20.4 Å². The summed E-state index contributed by atoms with van der Waals surface area (Å²) in [7, 11) is 0. The van der Waals surface area contributed by atoms with Gasteiger partial charge in [0, 0.05) is 48.4 Å². The normalized spacial score (nSPS) is 18.9. The zero-order valence-corrected chi connectivity index (χ0v) is 37.5. The minimum Gasteiger partial charge on any atom is -0.393 e. The van der Waals surface area contributed by atoms with Crippen LogP contribution in [0.5, 0.6) is 0 Å². The molecule has 6 heterocycles. The van der Waals surface area contributed by atoms with Crippen molar-refractivity contribution in [2.24, 2.45) is 11.8 Å². The average molecular weight is 1180 g/mol. The molecule has 0 aromatic carbocycles. The Hall–Kier alpha value is -3.21. The summed E-state index contributed by atoms with van der Waals surface area (Å²) >= 11 is 5.30. The van der Waals surface area contributed by atoms with E-state index in [1.165, 1.54) is 12.7 Å². The van der Waals surface area contributed by atoms with Gasteiger partial charge in [0.15, 0.2) is 11.6 Å². The van der Waals surface area contributed by atoms with Crippen LogP contribution >= 0.6 is 61.2 Å². The number of fused-ring (bicyclic) bond motifs is 2. The van der Waals surface area contributed by atoms with Gasteiger partial charge in [-0.25, -0.2) is 19.9 Å². The van der Waals surface area contributed by atoms with Crippen LogP contribution in [0.25, 0.3) is 44.6 Å². The fourth-order valence-electron chi connectivity index (χ4n) is 7.34. The van der Waals surface area contributed by atoms with Crippen LogP contribution in [0, 0.1) is 34.5 Å².